The highest BCUT2D eigenvalue weighted by molar-refractivity contribution is 5.91. The lowest BCUT2D eigenvalue weighted by Crippen LogP contribution is -2.43. The van der Waals surface area contributed by atoms with Gasteiger partial charge < -0.3 is 15.4 Å². The third-order valence-electron chi connectivity index (χ3n) is 3.76. The summed E-state index contributed by atoms with van der Waals surface area (Å²) in [5, 5.41) is 14.6. The number of nitrogens with zero attached hydrogens (tertiary/aromatic N) is 1. The molecule has 0 aliphatic carbocycles. The van der Waals surface area contributed by atoms with Crippen LogP contribution in [0.2, 0.25) is 0 Å². The summed E-state index contributed by atoms with van der Waals surface area (Å²) in [6.07, 6.45) is 1.01. The third kappa shape index (κ3) is 4.93. The highest BCUT2D eigenvalue weighted by atomic mass is 16.5. The van der Waals surface area contributed by atoms with E-state index in [1.54, 1.807) is 13.0 Å². The number of amides is 1. The van der Waals surface area contributed by atoms with Crippen molar-refractivity contribution in [3.8, 4) is 6.07 Å². The lowest BCUT2D eigenvalue weighted by atomic mass is 9.94. The molecule has 1 aromatic carbocycles. The zero-order valence-electron chi connectivity index (χ0n) is 13.7. The molecule has 0 bridgehead atoms. The maximum absolute atomic E-state index is 12.2. The van der Waals surface area contributed by atoms with Crippen LogP contribution in [0.25, 0.3) is 0 Å². The van der Waals surface area contributed by atoms with Crippen LogP contribution in [-0.2, 0) is 20.7 Å². The molecule has 0 aromatic heterocycles. The van der Waals surface area contributed by atoms with Crippen molar-refractivity contribution in [1.29, 1.82) is 5.26 Å². The van der Waals surface area contributed by atoms with E-state index < -0.39 is 11.9 Å². The van der Waals surface area contributed by atoms with Crippen molar-refractivity contribution >= 4 is 11.9 Å². The van der Waals surface area contributed by atoms with Gasteiger partial charge in [0.2, 0.25) is 5.91 Å². The number of rotatable bonds is 6. The van der Waals surface area contributed by atoms with Crippen molar-refractivity contribution in [1.82, 2.24) is 10.6 Å². The minimum Gasteiger partial charge on any atom is -0.463 e. The number of carbonyl (C=O) groups excluding carboxylic acids is 2. The van der Waals surface area contributed by atoms with Crippen LogP contribution in [0.1, 0.15) is 25.3 Å². The Labute approximate surface area is 141 Å². The molecular weight excluding hydrogens is 306 g/mol. The van der Waals surface area contributed by atoms with Gasteiger partial charge in [-0.05, 0) is 25.3 Å². The summed E-state index contributed by atoms with van der Waals surface area (Å²) in [5.41, 5.74) is 2.15. The first-order chi connectivity index (χ1) is 11.6. The predicted octanol–water partition coefficient (Wildman–Crippen LogP) is 1.44. The van der Waals surface area contributed by atoms with Crippen molar-refractivity contribution in [2.24, 2.45) is 0 Å². The average molecular weight is 327 g/mol. The van der Waals surface area contributed by atoms with Crippen molar-refractivity contribution in [3.63, 3.8) is 0 Å². The zero-order chi connectivity index (χ0) is 17.4. The third-order valence-corrected chi connectivity index (χ3v) is 3.76. The van der Waals surface area contributed by atoms with Crippen LogP contribution in [0.15, 0.2) is 41.6 Å². The Kier molecular flexibility index (Phi) is 6.52. The predicted molar refractivity (Wildman–Crippen MR) is 88.6 cm³/mol. The van der Waals surface area contributed by atoms with E-state index in [2.05, 4.69) is 10.6 Å². The number of hydrogen-bond donors (Lipinski definition) is 2. The van der Waals surface area contributed by atoms with Crippen molar-refractivity contribution in [2.45, 2.75) is 32.2 Å². The van der Waals surface area contributed by atoms with E-state index in [1.165, 1.54) is 5.56 Å². The van der Waals surface area contributed by atoms with Crippen LogP contribution in [-0.4, -0.2) is 31.1 Å². The Morgan fingerprint density at radius 2 is 2.12 bits per heavy atom. The normalized spacial score (nSPS) is 17.1. The van der Waals surface area contributed by atoms with E-state index in [1.807, 2.05) is 30.3 Å². The summed E-state index contributed by atoms with van der Waals surface area (Å²) >= 11 is 0. The van der Waals surface area contributed by atoms with E-state index in [0.29, 0.717) is 24.2 Å². The van der Waals surface area contributed by atoms with Gasteiger partial charge in [-0.15, -0.1) is 0 Å². The molecule has 2 N–H and O–H groups in total. The molecule has 1 aromatic rings. The molecule has 6 heteroatoms. The van der Waals surface area contributed by atoms with Crippen molar-refractivity contribution in [3.05, 3.63) is 47.2 Å². The summed E-state index contributed by atoms with van der Waals surface area (Å²) in [4.78, 5) is 23.9. The Morgan fingerprint density at radius 3 is 2.79 bits per heavy atom. The number of hydrogen-bond acceptors (Lipinski definition) is 5. The average Bonchev–Trinajstić information content (AvgIpc) is 2.57. The van der Waals surface area contributed by atoms with E-state index in [9.17, 15) is 9.59 Å². The molecule has 1 atom stereocenters. The van der Waals surface area contributed by atoms with Gasteiger partial charge in [0.05, 0.1) is 18.2 Å². The molecule has 1 aliphatic heterocycles. The molecule has 24 heavy (non-hydrogen) atoms. The Balaban J connectivity index is 2.13. The standard InChI is InChI=1S/C18H21N3O3/c1-2-24-18(23)15-11-14(10-13-6-4-3-5-7-13)20-12-16(15)21-17(22)8-9-19/h3-7,14,20H,2,8,10-12H2,1H3,(H,21,22). The second-order valence-corrected chi connectivity index (χ2v) is 5.53. The second kappa shape index (κ2) is 8.85. The number of nitriles is 1. The largest absolute Gasteiger partial charge is 0.463 e. The van der Waals surface area contributed by atoms with Crippen molar-refractivity contribution in [2.75, 3.05) is 13.2 Å². The highest BCUT2D eigenvalue weighted by Crippen LogP contribution is 2.19. The SMILES string of the molecule is CCOC(=O)C1=C(NC(=O)CC#N)CNC(Cc2ccccc2)C1. The molecule has 1 unspecified atom stereocenters. The number of esters is 1. The molecule has 0 saturated carbocycles. The van der Waals surface area contributed by atoms with E-state index in [4.69, 9.17) is 10.00 Å². The molecule has 1 amide bonds. The minimum absolute atomic E-state index is 0.0865. The number of carbonyl (C=O) groups is 2. The van der Waals surface area contributed by atoms with E-state index in [-0.39, 0.29) is 19.1 Å². The minimum atomic E-state index is -0.419. The van der Waals surface area contributed by atoms with Gasteiger partial charge in [0.15, 0.2) is 0 Å². The first kappa shape index (κ1) is 17.7. The first-order valence-corrected chi connectivity index (χ1v) is 7.97. The van der Waals surface area contributed by atoms with Crippen LogP contribution in [0.3, 0.4) is 0 Å². The Bertz CT molecular complexity index is 662. The van der Waals surface area contributed by atoms with E-state index >= 15 is 0 Å². The summed E-state index contributed by atoms with van der Waals surface area (Å²) in [5.74, 6) is -0.832. The molecular formula is C18H21N3O3. The first-order valence-electron chi connectivity index (χ1n) is 7.97. The molecule has 6 nitrogen and oxygen atoms in total. The Hall–Kier alpha value is -2.65. The van der Waals surface area contributed by atoms with Gasteiger partial charge in [-0.1, -0.05) is 30.3 Å². The lowest BCUT2D eigenvalue weighted by molar-refractivity contribution is -0.138. The fourth-order valence-corrected chi connectivity index (χ4v) is 2.67. The molecule has 0 saturated heterocycles. The van der Waals surface area contributed by atoms with Crippen LogP contribution in [0.5, 0.6) is 0 Å². The summed E-state index contributed by atoms with van der Waals surface area (Å²) in [6.45, 7) is 2.39. The van der Waals surface area contributed by atoms with Gasteiger partial charge in [0.1, 0.15) is 6.42 Å². The lowest BCUT2D eigenvalue weighted by Gasteiger charge is -2.28. The molecule has 0 spiro atoms. The quantitative estimate of drug-likeness (QED) is 0.772. The van der Waals surface area contributed by atoms with Crippen LogP contribution in [0.4, 0.5) is 0 Å². The van der Waals surface area contributed by atoms with Gasteiger partial charge >= 0.3 is 5.97 Å². The molecule has 2 rings (SSSR count). The molecule has 1 aliphatic rings. The highest BCUT2D eigenvalue weighted by Gasteiger charge is 2.27. The summed E-state index contributed by atoms with van der Waals surface area (Å²) < 4.78 is 5.11. The van der Waals surface area contributed by atoms with Crippen LogP contribution in [0, 0.1) is 11.3 Å². The summed E-state index contributed by atoms with van der Waals surface area (Å²) in [7, 11) is 0. The number of ether oxygens (including phenoxy) is 1. The van der Waals surface area contributed by atoms with Crippen molar-refractivity contribution < 1.29 is 14.3 Å². The van der Waals surface area contributed by atoms with Gasteiger partial charge in [0, 0.05) is 18.3 Å². The summed E-state index contributed by atoms with van der Waals surface area (Å²) in [6, 6.07) is 11.9. The topological polar surface area (TPSA) is 91.2 Å². The molecule has 0 radical (unpaired) electrons. The second-order valence-electron chi connectivity index (χ2n) is 5.53. The van der Waals surface area contributed by atoms with Crippen LogP contribution < -0.4 is 10.6 Å². The monoisotopic (exact) mass is 327 g/mol. The number of benzene rings is 1. The van der Waals surface area contributed by atoms with Gasteiger partial charge in [-0.2, -0.15) is 5.26 Å². The fraction of sp³-hybridized carbons (Fsp3) is 0.389. The van der Waals surface area contributed by atoms with Gasteiger partial charge in [-0.25, -0.2) is 4.79 Å². The van der Waals surface area contributed by atoms with Gasteiger partial charge in [-0.3, -0.25) is 4.79 Å². The Morgan fingerprint density at radius 1 is 1.38 bits per heavy atom. The number of nitrogens with one attached hydrogen (secondary N) is 2. The van der Waals surface area contributed by atoms with Gasteiger partial charge in [0.25, 0.3) is 0 Å². The maximum Gasteiger partial charge on any atom is 0.335 e. The molecule has 1 heterocycles. The molecule has 126 valence electrons. The fourth-order valence-electron chi connectivity index (χ4n) is 2.67. The zero-order valence-corrected chi connectivity index (χ0v) is 13.7. The smallest absolute Gasteiger partial charge is 0.335 e. The van der Waals surface area contributed by atoms with Crippen LogP contribution >= 0.6 is 0 Å². The van der Waals surface area contributed by atoms with E-state index in [0.717, 1.165) is 6.42 Å². The maximum atomic E-state index is 12.2. The molecule has 0 fully saturated rings.